The molecule has 1 amide bonds. The fourth-order valence-corrected chi connectivity index (χ4v) is 4.22. The molecule has 2 aromatic carbocycles. The van der Waals surface area contributed by atoms with E-state index in [2.05, 4.69) is 55.3 Å². The average Bonchev–Trinajstić information content (AvgIpc) is 3.17. The van der Waals surface area contributed by atoms with Crippen LogP contribution in [0.25, 0.3) is 0 Å². The van der Waals surface area contributed by atoms with E-state index in [1.807, 2.05) is 18.0 Å². The van der Waals surface area contributed by atoms with Gasteiger partial charge < -0.3 is 15.0 Å². The second kappa shape index (κ2) is 9.31. The minimum Gasteiger partial charge on any atom is -0.496 e. The van der Waals surface area contributed by atoms with E-state index in [1.54, 1.807) is 7.11 Å². The Morgan fingerprint density at radius 1 is 1.07 bits per heavy atom. The lowest BCUT2D eigenvalue weighted by Gasteiger charge is -2.20. The third-order valence-electron chi connectivity index (χ3n) is 5.55. The molecular formula is C24H33N3O2. The largest absolute Gasteiger partial charge is 0.496 e. The van der Waals surface area contributed by atoms with Crippen molar-refractivity contribution in [2.45, 2.75) is 40.2 Å². The van der Waals surface area contributed by atoms with Gasteiger partial charge in [-0.15, -0.1) is 0 Å². The average molecular weight is 396 g/mol. The maximum absolute atomic E-state index is 12.6. The van der Waals surface area contributed by atoms with Crippen molar-refractivity contribution in [1.82, 2.24) is 4.90 Å². The Balaban J connectivity index is 1.57. The number of likely N-dealkylation sites (N-methyl/N-ethyl adjacent to an activating group) is 1. The highest BCUT2D eigenvalue weighted by Crippen LogP contribution is 2.26. The van der Waals surface area contributed by atoms with Gasteiger partial charge in [0.2, 0.25) is 5.91 Å². The van der Waals surface area contributed by atoms with Crippen LogP contribution < -0.4 is 15.0 Å². The van der Waals surface area contributed by atoms with Crippen LogP contribution in [0.3, 0.4) is 0 Å². The zero-order chi connectivity index (χ0) is 21.0. The molecule has 3 rings (SSSR count). The molecule has 156 valence electrons. The molecule has 1 fully saturated rings. The molecule has 1 heterocycles. The molecule has 1 aliphatic rings. The summed E-state index contributed by atoms with van der Waals surface area (Å²) in [6.07, 6.45) is 2.52. The van der Waals surface area contributed by atoms with Gasteiger partial charge in [0.25, 0.3) is 0 Å². The number of hydrogen-bond acceptors (Lipinski definition) is 4. The first-order valence-electron chi connectivity index (χ1n) is 10.4. The molecule has 0 unspecified atom stereocenters. The molecule has 5 heteroatoms. The highest BCUT2D eigenvalue weighted by molar-refractivity contribution is 5.93. The topological polar surface area (TPSA) is 44.8 Å². The maximum atomic E-state index is 12.6. The van der Waals surface area contributed by atoms with Crippen molar-refractivity contribution in [3.05, 3.63) is 52.6 Å². The number of ether oxygens (including phenoxy) is 1. The van der Waals surface area contributed by atoms with E-state index in [0.29, 0.717) is 13.1 Å². The molecule has 2 aromatic rings. The van der Waals surface area contributed by atoms with Gasteiger partial charge in [-0.2, -0.15) is 0 Å². The lowest BCUT2D eigenvalue weighted by molar-refractivity contribution is -0.117. The number of nitrogens with one attached hydrogen (secondary N) is 1. The molecule has 1 aliphatic heterocycles. The number of carbonyl (C=O) groups is 1. The zero-order valence-corrected chi connectivity index (χ0v) is 18.3. The van der Waals surface area contributed by atoms with Crippen molar-refractivity contribution in [3.8, 4) is 5.75 Å². The summed E-state index contributed by atoms with van der Waals surface area (Å²) in [4.78, 5) is 17.0. The molecule has 0 spiro atoms. The van der Waals surface area contributed by atoms with Crippen molar-refractivity contribution in [2.24, 2.45) is 0 Å². The summed E-state index contributed by atoms with van der Waals surface area (Å²) in [5, 5.41) is 3.07. The standard InChI is InChI=1S/C24H33N3O2/c1-17-14-21(27-10-6-7-11-27)8-9-22(17)25-23(28)16-26(4)15-20-12-18(2)24(29-5)19(3)13-20/h8-9,12-14H,6-7,10-11,15-16H2,1-5H3,(H,25,28). The summed E-state index contributed by atoms with van der Waals surface area (Å²) in [7, 11) is 3.67. The monoisotopic (exact) mass is 395 g/mol. The van der Waals surface area contributed by atoms with Crippen molar-refractivity contribution in [2.75, 3.05) is 44.0 Å². The van der Waals surface area contributed by atoms with E-state index in [1.165, 1.54) is 24.1 Å². The fourth-order valence-electron chi connectivity index (χ4n) is 4.22. The minimum absolute atomic E-state index is 0.00600. The van der Waals surface area contributed by atoms with Crippen molar-refractivity contribution >= 4 is 17.3 Å². The molecule has 1 N–H and O–H groups in total. The lowest BCUT2D eigenvalue weighted by atomic mass is 10.1. The summed E-state index contributed by atoms with van der Waals surface area (Å²) in [6.45, 7) is 9.47. The number of rotatable bonds is 7. The van der Waals surface area contributed by atoms with Gasteiger partial charge in [-0.05, 0) is 81.1 Å². The number of aryl methyl sites for hydroxylation is 3. The Labute approximate surface area is 174 Å². The first-order chi connectivity index (χ1) is 13.9. The van der Waals surface area contributed by atoms with Crippen LogP contribution in [0.15, 0.2) is 30.3 Å². The van der Waals surface area contributed by atoms with Crippen LogP contribution in [0.1, 0.15) is 35.1 Å². The Bertz CT molecular complexity index is 849. The van der Waals surface area contributed by atoms with Crippen molar-refractivity contribution in [1.29, 1.82) is 0 Å². The zero-order valence-electron chi connectivity index (χ0n) is 18.3. The molecule has 0 saturated carbocycles. The van der Waals surface area contributed by atoms with Crippen molar-refractivity contribution in [3.63, 3.8) is 0 Å². The van der Waals surface area contributed by atoms with Crippen LogP contribution in [0.2, 0.25) is 0 Å². The van der Waals surface area contributed by atoms with Crippen LogP contribution in [-0.2, 0) is 11.3 Å². The van der Waals surface area contributed by atoms with Crippen LogP contribution >= 0.6 is 0 Å². The van der Waals surface area contributed by atoms with E-state index >= 15 is 0 Å². The quantitative estimate of drug-likeness (QED) is 0.760. The predicted octanol–water partition coefficient (Wildman–Crippen LogP) is 4.29. The van der Waals surface area contributed by atoms with Gasteiger partial charge >= 0.3 is 0 Å². The van der Waals surface area contributed by atoms with Gasteiger partial charge in [0.1, 0.15) is 5.75 Å². The van der Waals surface area contributed by atoms with Gasteiger partial charge in [-0.3, -0.25) is 9.69 Å². The smallest absolute Gasteiger partial charge is 0.238 e. The summed E-state index contributed by atoms with van der Waals surface area (Å²) in [5.74, 6) is 0.938. The molecule has 0 aliphatic carbocycles. The third kappa shape index (κ3) is 5.30. The SMILES string of the molecule is COc1c(C)cc(CN(C)CC(=O)Nc2ccc(N3CCCC3)cc2C)cc1C. The van der Waals surface area contributed by atoms with Gasteiger partial charge in [-0.1, -0.05) is 12.1 Å². The number of methoxy groups -OCH3 is 1. The second-order valence-corrected chi connectivity index (χ2v) is 8.18. The van der Waals surface area contributed by atoms with E-state index in [9.17, 15) is 4.79 Å². The second-order valence-electron chi connectivity index (χ2n) is 8.18. The van der Waals surface area contributed by atoms with Gasteiger partial charge in [0.15, 0.2) is 0 Å². The lowest BCUT2D eigenvalue weighted by Crippen LogP contribution is -2.30. The van der Waals surface area contributed by atoms with Gasteiger partial charge in [0.05, 0.1) is 13.7 Å². The molecule has 0 atom stereocenters. The Hall–Kier alpha value is -2.53. The Kier molecular flexibility index (Phi) is 6.80. The summed E-state index contributed by atoms with van der Waals surface area (Å²) >= 11 is 0. The molecular weight excluding hydrogens is 362 g/mol. The third-order valence-corrected chi connectivity index (χ3v) is 5.55. The number of anilines is 2. The first kappa shape index (κ1) is 21.2. The molecule has 5 nitrogen and oxygen atoms in total. The highest BCUT2D eigenvalue weighted by Gasteiger charge is 2.15. The minimum atomic E-state index is 0.00600. The molecule has 0 bridgehead atoms. The number of amides is 1. The summed E-state index contributed by atoms with van der Waals surface area (Å²) < 4.78 is 5.44. The number of nitrogens with zero attached hydrogens (tertiary/aromatic N) is 2. The highest BCUT2D eigenvalue weighted by atomic mass is 16.5. The van der Waals surface area contributed by atoms with E-state index < -0.39 is 0 Å². The van der Waals surface area contributed by atoms with E-state index in [-0.39, 0.29) is 5.91 Å². The van der Waals surface area contributed by atoms with E-state index in [0.717, 1.165) is 41.2 Å². The number of hydrogen-bond donors (Lipinski definition) is 1. The Morgan fingerprint density at radius 3 is 2.31 bits per heavy atom. The molecule has 0 aromatic heterocycles. The van der Waals surface area contributed by atoms with Crippen LogP contribution in [0.4, 0.5) is 11.4 Å². The van der Waals surface area contributed by atoms with E-state index in [4.69, 9.17) is 4.74 Å². The predicted molar refractivity (Wildman–Crippen MR) is 120 cm³/mol. The Morgan fingerprint density at radius 2 is 1.72 bits per heavy atom. The molecule has 29 heavy (non-hydrogen) atoms. The van der Waals surface area contributed by atoms with Gasteiger partial charge in [-0.25, -0.2) is 0 Å². The van der Waals surface area contributed by atoms with Crippen LogP contribution in [0.5, 0.6) is 5.75 Å². The first-order valence-corrected chi connectivity index (χ1v) is 10.4. The van der Waals surface area contributed by atoms with Crippen LogP contribution in [0, 0.1) is 20.8 Å². The normalized spacial score (nSPS) is 13.8. The van der Waals surface area contributed by atoms with Gasteiger partial charge in [0, 0.05) is 31.0 Å². The summed E-state index contributed by atoms with van der Waals surface area (Å²) in [5.41, 5.74) is 6.67. The van der Waals surface area contributed by atoms with Crippen LogP contribution in [-0.4, -0.2) is 44.6 Å². The van der Waals surface area contributed by atoms with Crippen molar-refractivity contribution < 1.29 is 9.53 Å². The fraction of sp³-hybridized carbons (Fsp3) is 0.458. The molecule has 0 radical (unpaired) electrons. The number of carbonyl (C=O) groups excluding carboxylic acids is 1. The maximum Gasteiger partial charge on any atom is 0.238 e. The summed E-state index contributed by atoms with van der Waals surface area (Å²) in [6, 6.07) is 10.6. The molecule has 1 saturated heterocycles. The number of benzene rings is 2.